The summed E-state index contributed by atoms with van der Waals surface area (Å²) >= 11 is 0. The van der Waals surface area contributed by atoms with Crippen molar-refractivity contribution in [3.8, 4) is 0 Å². The normalized spacial score (nSPS) is 12.2. The number of nitrogens with two attached hydrogens (primary N) is 1. The second-order valence-electron chi connectivity index (χ2n) is 7.93. The van der Waals surface area contributed by atoms with E-state index < -0.39 is 10.0 Å². The van der Waals surface area contributed by atoms with E-state index in [1.165, 1.54) is 12.1 Å². The highest BCUT2D eigenvalue weighted by Crippen LogP contribution is 2.22. The van der Waals surface area contributed by atoms with E-state index in [9.17, 15) is 13.2 Å². The molecule has 32 heavy (non-hydrogen) atoms. The van der Waals surface area contributed by atoms with Crippen LogP contribution in [-0.2, 0) is 29.7 Å². The number of rotatable bonds is 8. The molecule has 2 aromatic carbocycles. The van der Waals surface area contributed by atoms with Gasteiger partial charge in [0.05, 0.1) is 39.9 Å². The Labute approximate surface area is 186 Å². The molecule has 168 valence electrons. The molecule has 9 nitrogen and oxygen atoms in total. The number of aromatic nitrogens is 4. The van der Waals surface area contributed by atoms with Gasteiger partial charge in [0, 0.05) is 6.54 Å². The summed E-state index contributed by atoms with van der Waals surface area (Å²) in [5.74, 6) is 1.38. The highest BCUT2D eigenvalue weighted by Gasteiger charge is 2.16. The van der Waals surface area contributed by atoms with Gasteiger partial charge in [0.25, 0.3) is 5.56 Å². The van der Waals surface area contributed by atoms with Crippen LogP contribution in [0.15, 0.2) is 52.2 Å². The first-order valence-electron chi connectivity index (χ1n) is 10.4. The molecule has 2 aromatic heterocycles. The number of H-pyrrole nitrogens is 1. The number of benzene rings is 2. The standard InChI is InChI=1S/C22H26N6O3S/c1-3-4-11-28-19-10-9-15(32(23,30)31)12-18(19)25-21(28)14-27(2)13-20-24-17-8-6-5-7-16(17)22(29)26-20/h5-10,12H,3-4,11,13-14H2,1-2H3,(H2,23,30,31)(H,24,26,29). The van der Waals surface area contributed by atoms with E-state index in [-0.39, 0.29) is 10.5 Å². The monoisotopic (exact) mass is 454 g/mol. The van der Waals surface area contributed by atoms with Crippen molar-refractivity contribution in [2.24, 2.45) is 5.14 Å². The number of hydrogen-bond acceptors (Lipinski definition) is 6. The van der Waals surface area contributed by atoms with Crippen LogP contribution in [0.5, 0.6) is 0 Å². The Balaban J connectivity index is 1.64. The number of unbranched alkanes of at least 4 members (excludes halogenated alkanes) is 1. The number of nitrogens with zero attached hydrogens (tertiary/aromatic N) is 4. The van der Waals surface area contributed by atoms with Gasteiger partial charge in [0.15, 0.2) is 0 Å². The Kier molecular flexibility index (Phi) is 6.09. The summed E-state index contributed by atoms with van der Waals surface area (Å²) in [6, 6.07) is 12.0. The van der Waals surface area contributed by atoms with Gasteiger partial charge < -0.3 is 9.55 Å². The lowest BCUT2D eigenvalue weighted by Gasteiger charge is -2.17. The van der Waals surface area contributed by atoms with Crippen LogP contribution >= 0.6 is 0 Å². The Morgan fingerprint density at radius 1 is 1.09 bits per heavy atom. The molecule has 0 bridgehead atoms. The molecular weight excluding hydrogens is 428 g/mol. The molecule has 0 aliphatic heterocycles. The number of imidazole rings is 1. The van der Waals surface area contributed by atoms with Crippen LogP contribution in [0.3, 0.4) is 0 Å². The molecule has 10 heteroatoms. The van der Waals surface area contributed by atoms with Crippen molar-refractivity contribution < 1.29 is 8.42 Å². The maximum absolute atomic E-state index is 12.4. The summed E-state index contributed by atoms with van der Waals surface area (Å²) in [4.78, 5) is 26.5. The lowest BCUT2D eigenvalue weighted by molar-refractivity contribution is 0.297. The van der Waals surface area contributed by atoms with E-state index in [1.54, 1.807) is 12.1 Å². The zero-order valence-electron chi connectivity index (χ0n) is 18.1. The number of primary sulfonamides is 1. The molecule has 4 aromatic rings. The predicted octanol–water partition coefficient (Wildman–Crippen LogP) is 2.35. The summed E-state index contributed by atoms with van der Waals surface area (Å²) in [5.41, 5.74) is 1.95. The Morgan fingerprint density at radius 2 is 1.88 bits per heavy atom. The first-order chi connectivity index (χ1) is 15.3. The molecule has 0 aliphatic rings. The van der Waals surface area contributed by atoms with Crippen molar-refractivity contribution in [1.82, 2.24) is 24.4 Å². The van der Waals surface area contributed by atoms with Crippen molar-refractivity contribution in [2.75, 3.05) is 7.05 Å². The third-order valence-electron chi connectivity index (χ3n) is 5.36. The molecule has 0 aliphatic carbocycles. The molecule has 0 unspecified atom stereocenters. The summed E-state index contributed by atoms with van der Waals surface area (Å²) < 4.78 is 25.6. The number of hydrogen-bond donors (Lipinski definition) is 2. The van der Waals surface area contributed by atoms with Crippen molar-refractivity contribution in [3.05, 3.63) is 64.5 Å². The number of sulfonamides is 1. The van der Waals surface area contributed by atoms with Crippen molar-refractivity contribution in [3.63, 3.8) is 0 Å². The molecule has 0 saturated heterocycles. The second kappa shape index (κ2) is 8.81. The van der Waals surface area contributed by atoms with Crippen LogP contribution in [0.1, 0.15) is 31.4 Å². The van der Waals surface area contributed by atoms with Crippen LogP contribution in [0.2, 0.25) is 0 Å². The van der Waals surface area contributed by atoms with E-state index in [0.717, 1.165) is 30.7 Å². The van der Waals surface area contributed by atoms with E-state index in [4.69, 9.17) is 10.1 Å². The molecule has 0 saturated carbocycles. The highest BCUT2D eigenvalue weighted by atomic mass is 32.2. The molecule has 0 atom stereocenters. The fourth-order valence-corrected chi connectivity index (χ4v) is 4.32. The molecule has 3 N–H and O–H groups in total. The van der Waals surface area contributed by atoms with Gasteiger partial charge in [-0.3, -0.25) is 9.69 Å². The second-order valence-corrected chi connectivity index (χ2v) is 9.49. The van der Waals surface area contributed by atoms with Gasteiger partial charge in [0.1, 0.15) is 11.6 Å². The van der Waals surface area contributed by atoms with Crippen LogP contribution in [0.4, 0.5) is 0 Å². The third-order valence-corrected chi connectivity index (χ3v) is 6.27. The van der Waals surface area contributed by atoms with Gasteiger partial charge in [-0.2, -0.15) is 0 Å². The van der Waals surface area contributed by atoms with E-state index >= 15 is 0 Å². The van der Waals surface area contributed by atoms with Gasteiger partial charge in [-0.15, -0.1) is 0 Å². The smallest absolute Gasteiger partial charge is 0.258 e. The molecule has 0 amide bonds. The largest absolute Gasteiger partial charge is 0.327 e. The SMILES string of the molecule is CCCCn1c(CN(C)Cc2nc3ccccc3c(=O)[nH]2)nc2cc(S(N)(=O)=O)ccc21. The number of aryl methyl sites for hydroxylation is 1. The summed E-state index contributed by atoms with van der Waals surface area (Å²) in [7, 11) is -1.88. The molecule has 4 rings (SSSR count). The maximum atomic E-state index is 12.4. The van der Waals surface area contributed by atoms with E-state index in [0.29, 0.717) is 35.3 Å². The fraction of sp³-hybridized carbons (Fsp3) is 0.318. The molecule has 0 radical (unpaired) electrons. The van der Waals surface area contributed by atoms with Crippen LogP contribution in [-0.4, -0.2) is 39.9 Å². The van der Waals surface area contributed by atoms with Gasteiger partial charge in [-0.25, -0.2) is 23.5 Å². The quantitative estimate of drug-likeness (QED) is 0.421. The van der Waals surface area contributed by atoms with Gasteiger partial charge in [0.2, 0.25) is 10.0 Å². The topological polar surface area (TPSA) is 127 Å². The first kappa shape index (κ1) is 22.1. The number of nitrogens with one attached hydrogen (secondary N) is 1. The average Bonchev–Trinajstić information content (AvgIpc) is 3.07. The van der Waals surface area contributed by atoms with E-state index in [1.807, 2.05) is 30.1 Å². The summed E-state index contributed by atoms with van der Waals surface area (Å²) in [6.07, 6.45) is 1.99. The number of aromatic amines is 1. The molecule has 0 fully saturated rings. The number of para-hydroxylation sites is 1. The maximum Gasteiger partial charge on any atom is 0.258 e. The Hall–Kier alpha value is -3.08. The van der Waals surface area contributed by atoms with Gasteiger partial charge in [-0.05, 0) is 43.8 Å². The minimum atomic E-state index is -3.80. The van der Waals surface area contributed by atoms with Crippen molar-refractivity contribution in [2.45, 2.75) is 44.3 Å². The predicted molar refractivity (Wildman–Crippen MR) is 124 cm³/mol. The molecular formula is C22H26N6O3S. The lowest BCUT2D eigenvalue weighted by Crippen LogP contribution is -2.23. The van der Waals surface area contributed by atoms with Crippen molar-refractivity contribution in [1.29, 1.82) is 0 Å². The summed E-state index contributed by atoms with van der Waals surface area (Å²) in [5, 5.41) is 5.85. The van der Waals surface area contributed by atoms with Crippen LogP contribution < -0.4 is 10.7 Å². The Morgan fingerprint density at radius 3 is 2.62 bits per heavy atom. The minimum absolute atomic E-state index is 0.0444. The zero-order valence-corrected chi connectivity index (χ0v) is 18.9. The van der Waals surface area contributed by atoms with Crippen LogP contribution in [0.25, 0.3) is 21.9 Å². The first-order valence-corrected chi connectivity index (χ1v) is 12.0. The highest BCUT2D eigenvalue weighted by molar-refractivity contribution is 7.89. The van der Waals surface area contributed by atoms with E-state index in [2.05, 4.69) is 21.5 Å². The minimum Gasteiger partial charge on any atom is -0.327 e. The molecule has 2 heterocycles. The Bertz CT molecular complexity index is 1440. The number of fused-ring (bicyclic) bond motifs is 2. The lowest BCUT2D eigenvalue weighted by atomic mass is 10.2. The molecule has 0 spiro atoms. The summed E-state index contributed by atoms with van der Waals surface area (Å²) in [6.45, 7) is 3.82. The van der Waals surface area contributed by atoms with Gasteiger partial charge >= 0.3 is 0 Å². The van der Waals surface area contributed by atoms with Crippen molar-refractivity contribution >= 4 is 32.0 Å². The van der Waals surface area contributed by atoms with Gasteiger partial charge in [-0.1, -0.05) is 25.5 Å². The van der Waals surface area contributed by atoms with Crippen LogP contribution in [0, 0.1) is 0 Å². The fourth-order valence-electron chi connectivity index (χ4n) is 3.79. The zero-order chi connectivity index (χ0) is 22.9. The average molecular weight is 455 g/mol. The third kappa shape index (κ3) is 4.57.